The Morgan fingerprint density at radius 1 is 1.22 bits per heavy atom. The quantitative estimate of drug-likeness (QED) is 0.607. The van der Waals surface area contributed by atoms with E-state index in [0.717, 1.165) is 30.5 Å². The van der Waals surface area contributed by atoms with E-state index in [1.54, 1.807) is 0 Å². The Kier molecular flexibility index (Phi) is 3.36. The van der Waals surface area contributed by atoms with Gasteiger partial charge in [-0.3, -0.25) is 5.10 Å². The maximum atomic E-state index is 11.0. The van der Waals surface area contributed by atoms with Crippen molar-refractivity contribution >= 4 is 16.6 Å². The van der Waals surface area contributed by atoms with Crippen molar-refractivity contribution in [2.75, 3.05) is 4.90 Å². The Morgan fingerprint density at radius 3 is 2.70 bits per heavy atom. The van der Waals surface area contributed by atoms with Gasteiger partial charge in [0.15, 0.2) is 0 Å². The van der Waals surface area contributed by atoms with Crippen LogP contribution >= 0.6 is 0 Å². The van der Waals surface area contributed by atoms with Crippen molar-refractivity contribution < 1.29 is 5.11 Å². The molecule has 5 rings (SSSR count). The summed E-state index contributed by atoms with van der Waals surface area (Å²) < 4.78 is 0. The molecular weight excluding hydrogens is 336 g/mol. The Labute approximate surface area is 159 Å². The van der Waals surface area contributed by atoms with E-state index < -0.39 is 6.23 Å². The molecule has 0 saturated carbocycles. The molecule has 3 heterocycles. The van der Waals surface area contributed by atoms with Gasteiger partial charge in [-0.05, 0) is 63.3 Å². The van der Waals surface area contributed by atoms with Crippen LogP contribution in [0, 0.1) is 6.92 Å². The van der Waals surface area contributed by atoms with Crippen LogP contribution in [-0.2, 0) is 18.3 Å². The van der Waals surface area contributed by atoms with Gasteiger partial charge >= 0.3 is 0 Å². The van der Waals surface area contributed by atoms with Crippen LogP contribution in [0.3, 0.4) is 0 Å². The monoisotopic (exact) mass is 364 g/mol. The minimum Gasteiger partial charge on any atom is -0.373 e. The van der Waals surface area contributed by atoms with Gasteiger partial charge in [-0.15, -0.1) is 0 Å². The number of hydrogen-bond donors (Lipinski definition) is 3. The van der Waals surface area contributed by atoms with Crippen LogP contribution in [0.1, 0.15) is 56.5 Å². The van der Waals surface area contributed by atoms with Crippen molar-refractivity contribution in [3.63, 3.8) is 0 Å². The third kappa shape index (κ3) is 2.12. The van der Waals surface area contributed by atoms with Gasteiger partial charge in [-0.2, -0.15) is 5.10 Å². The molecular formula is C22H28N4O. The number of nitrogens with one attached hydrogen (secondary N) is 2. The summed E-state index contributed by atoms with van der Waals surface area (Å²) in [5, 5.41) is 20.0. The molecule has 0 radical (unpaired) electrons. The molecule has 1 atom stereocenters. The summed E-state index contributed by atoms with van der Waals surface area (Å²) in [6.45, 7) is 10.7. The largest absolute Gasteiger partial charge is 0.373 e. The van der Waals surface area contributed by atoms with E-state index in [-0.39, 0.29) is 11.5 Å². The standard InChI is InChI=1S/C22H28N4O/c1-11(2)26-18-9-15-14-8-6-7-13-12(3)24-25-20(13)19(14)23-17(15)10-16(18)22(4,5)21(26)27/h9-11,21,23,27H,6-8H2,1-5H3,(H,24,25). The number of anilines is 1. The Morgan fingerprint density at radius 2 is 1.96 bits per heavy atom. The summed E-state index contributed by atoms with van der Waals surface area (Å²) >= 11 is 0. The summed E-state index contributed by atoms with van der Waals surface area (Å²) in [6.07, 6.45) is 2.75. The summed E-state index contributed by atoms with van der Waals surface area (Å²) in [4.78, 5) is 5.83. The molecule has 5 nitrogen and oxygen atoms in total. The zero-order valence-electron chi connectivity index (χ0n) is 16.8. The Bertz CT molecular complexity index is 1060. The molecule has 1 aliphatic heterocycles. The fourth-order valence-corrected chi connectivity index (χ4v) is 5.06. The van der Waals surface area contributed by atoms with Crippen LogP contribution in [0.2, 0.25) is 0 Å². The number of nitrogens with zero attached hydrogens (tertiary/aromatic N) is 2. The second-order valence-corrected chi connectivity index (χ2v) is 9.02. The highest BCUT2D eigenvalue weighted by Gasteiger charge is 2.45. The van der Waals surface area contributed by atoms with Crippen molar-refractivity contribution in [1.29, 1.82) is 0 Å². The average molecular weight is 364 g/mol. The number of fused-ring (bicyclic) bond motifs is 6. The first-order chi connectivity index (χ1) is 12.8. The van der Waals surface area contributed by atoms with Crippen LogP contribution in [0.4, 0.5) is 5.69 Å². The maximum absolute atomic E-state index is 11.0. The van der Waals surface area contributed by atoms with E-state index >= 15 is 0 Å². The number of benzene rings is 1. The second kappa shape index (κ2) is 5.38. The van der Waals surface area contributed by atoms with Gasteiger partial charge in [0.1, 0.15) is 11.9 Å². The lowest BCUT2D eigenvalue weighted by atomic mass is 9.85. The van der Waals surface area contributed by atoms with Gasteiger partial charge in [0.25, 0.3) is 0 Å². The topological polar surface area (TPSA) is 67.9 Å². The van der Waals surface area contributed by atoms with E-state index in [0.29, 0.717) is 0 Å². The van der Waals surface area contributed by atoms with Crippen molar-refractivity contribution in [2.24, 2.45) is 0 Å². The predicted molar refractivity (Wildman–Crippen MR) is 109 cm³/mol. The average Bonchev–Trinajstić information content (AvgIpc) is 3.15. The van der Waals surface area contributed by atoms with Crippen molar-refractivity contribution in [3.8, 4) is 11.4 Å². The molecule has 0 fully saturated rings. The lowest BCUT2D eigenvalue weighted by Crippen LogP contribution is -2.44. The fourth-order valence-electron chi connectivity index (χ4n) is 5.06. The molecule has 3 N–H and O–H groups in total. The smallest absolute Gasteiger partial charge is 0.136 e. The molecule has 0 spiro atoms. The molecule has 5 heteroatoms. The molecule has 0 bridgehead atoms. The first-order valence-electron chi connectivity index (χ1n) is 10.0. The van der Waals surface area contributed by atoms with Crippen molar-refractivity contribution in [1.82, 2.24) is 15.2 Å². The number of H-pyrrole nitrogens is 2. The normalized spacial score (nSPS) is 20.7. The summed E-state index contributed by atoms with van der Waals surface area (Å²) in [5.41, 5.74) is 9.35. The minimum absolute atomic E-state index is 0.246. The molecule has 2 aliphatic rings. The lowest BCUT2D eigenvalue weighted by molar-refractivity contribution is 0.104. The van der Waals surface area contributed by atoms with E-state index in [9.17, 15) is 5.11 Å². The molecule has 1 unspecified atom stereocenters. The maximum Gasteiger partial charge on any atom is 0.136 e. The molecule has 27 heavy (non-hydrogen) atoms. The van der Waals surface area contributed by atoms with Gasteiger partial charge in [-0.1, -0.05) is 13.8 Å². The van der Waals surface area contributed by atoms with Gasteiger partial charge < -0.3 is 15.0 Å². The molecule has 1 aromatic carbocycles. The molecule has 142 valence electrons. The highest BCUT2D eigenvalue weighted by atomic mass is 16.3. The number of rotatable bonds is 1. The zero-order valence-corrected chi connectivity index (χ0v) is 16.8. The van der Waals surface area contributed by atoms with E-state index in [1.807, 2.05) is 0 Å². The first-order valence-corrected chi connectivity index (χ1v) is 10.0. The van der Waals surface area contributed by atoms with E-state index in [4.69, 9.17) is 0 Å². The second-order valence-electron chi connectivity index (χ2n) is 9.02. The Hall–Kier alpha value is -2.27. The summed E-state index contributed by atoms with van der Waals surface area (Å²) in [5.74, 6) is 0. The number of aryl methyl sites for hydroxylation is 2. The fraction of sp³-hybridized carbons (Fsp3) is 0.500. The van der Waals surface area contributed by atoms with Crippen LogP contribution in [0.5, 0.6) is 0 Å². The number of aliphatic hydroxyl groups excluding tert-OH is 1. The third-order valence-electron chi connectivity index (χ3n) is 6.62. The van der Waals surface area contributed by atoms with Crippen LogP contribution in [0.25, 0.3) is 22.3 Å². The number of aromatic nitrogens is 3. The van der Waals surface area contributed by atoms with Crippen LogP contribution < -0.4 is 4.90 Å². The zero-order chi connectivity index (χ0) is 19.1. The van der Waals surface area contributed by atoms with Crippen LogP contribution in [-0.4, -0.2) is 32.6 Å². The highest BCUT2D eigenvalue weighted by molar-refractivity contribution is 5.95. The predicted octanol–water partition coefficient (Wildman–Crippen LogP) is 4.18. The molecule has 0 saturated heterocycles. The summed E-state index contributed by atoms with van der Waals surface area (Å²) in [7, 11) is 0. The van der Waals surface area contributed by atoms with Crippen LogP contribution in [0.15, 0.2) is 12.1 Å². The van der Waals surface area contributed by atoms with Crippen molar-refractivity contribution in [3.05, 3.63) is 34.5 Å². The molecule has 2 aromatic heterocycles. The van der Waals surface area contributed by atoms with E-state index in [2.05, 4.69) is 66.8 Å². The number of aromatic amines is 2. The number of hydrogen-bond acceptors (Lipinski definition) is 3. The minimum atomic E-state index is -0.502. The summed E-state index contributed by atoms with van der Waals surface area (Å²) in [6, 6.07) is 4.79. The first kappa shape index (κ1) is 16.9. The molecule has 0 amide bonds. The SMILES string of the molecule is Cc1[nH]nc2c1CCCc1c-2[nH]c2cc3c(cc12)N(C(C)C)C(O)C3(C)C. The molecule has 3 aromatic rings. The Balaban J connectivity index is 1.78. The van der Waals surface area contributed by atoms with Gasteiger partial charge in [0.2, 0.25) is 0 Å². The number of aliphatic hydroxyl groups is 1. The molecule has 1 aliphatic carbocycles. The van der Waals surface area contributed by atoms with Gasteiger partial charge in [-0.25, -0.2) is 0 Å². The van der Waals surface area contributed by atoms with E-state index in [1.165, 1.54) is 39.2 Å². The lowest BCUT2D eigenvalue weighted by Gasteiger charge is -2.32. The van der Waals surface area contributed by atoms with Gasteiger partial charge in [0.05, 0.1) is 5.69 Å². The third-order valence-corrected chi connectivity index (χ3v) is 6.62. The highest BCUT2D eigenvalue weighted by Crippen LogP contribution is 2.48. The van der Waals surface area contributed by atoms with Gasteiger partial charge in [0, 0.05) is 39.3 Å². The van der Waals surface area contributed by atoms with Crippen molar-refractivity contribution in [2.45, 2.75) is 71.6 Å².